The SMILES string of the molecule is CC(NC(=O)CC(C)(C)C)c1cccc(NC(=O)c2ccccc2)c1. The first-order chi connectivity index (χ1) is 11.7. The lowest BCUT2D eigenvalue weighted by atomic mass is 9.91. The van der Waals surface area contributed by atoms with Gasteiger partial charge in [0.1, 0.15) is 0 Å². The van der Waals surface area contributed by atoms with Crippen LogP contribution in [0, 0.1) is 5.41 Å². The second-order valence-electron chi connectivity index (χ2n) is 7.47. The van der Waals surface area contributed by atoms with Crippen molar-refractivity contribution in [1.29, 1.82) is 0 Å². The van der Waals surface area contributed by atoms with Crippen LogP contribution in [0.25, 0.3) is 0 Å². The molecule has 4 nitrogen and oxygen atoms in total. The monoisotopic (exact) mass is 338 g/mol. The standard InChI is InChI=1S/C21H26N2O2/c1-15(22-19(24)14-21(2,3)4)17-11-8-12-18(13-17)23-20(25)16-9-6-5-7-10-16/h5-13,15H,14H2,1-4H3,(H,22,24)(H,23,25). The van der Waals surface area contributed by atoms with Crippen LogP contribution >= 0.6 is 0 Å². The van der Waals surface area contributed by atoms with E-state index in [-0.39, 0.29) is 23.3 Å². The van der Waals surface area contributed by atoms with E-state index in [4.69, 9.17) is 0 Å². The second kappa shape index (κ2) is 7.97. The number of benzene rings is 2. The number of hydrogen-bond donors (Lipinski definition) is 2. The third-order valence-electron chi connectivity index (χ3n) is 3.75. The average Bonchev–Trinajstić information content (AvgIpc) is 2.54. The van der Waals surface area contributed by atoms with Gasteiger partial charge in [0.25, 0.3) is 5.91 Å². The highest BCUT2D eigenvalue weighted by Gasteiger charge is 2.18. The maximum atomic E-state index is 12.2. The van der Waals surface area contributed by atoms with Crippen LogP contribution in [0.1, 0.15) is 56.1 Å². The zero-order chi connectivity index (χ0) is 18.4. The van der Waals surface area contributed by atoms with E-state index in [1.807, 2.05) is 70.2 Å². The Bertz CT molecular complexity index is 733. The van der Waals surface area contributed by atoms with Gasteiger partial charge in [-0.2, -0.15) is 0 Å². The van der Waals surface area contributed by atoms with E-state index in [0.717, 1.165) is 5.56 Å². The largest absolute Gasteiger partial charge is 0.350 e. The molecule has 0 saturated carbocycles. The molecule has 0 fully saturated rings. The summed E-state index contributed by atoms with van der Waals surface area (Å²) in [6.07, 6.45) is 0.474. The summed E-state index contributed by atoms with van der Waals surface area (Å²) in [6, 6.07) is 16.5. The Labute approximate surface area is 149 Å². The molecule has 0 aromatic heterocycles. The molecular weight excluding hydrogens is 312 g/mol. The van der Waals surface area contributed by atoms with Crippen molar-refractivity contribution in [3.05, 3.63) is 65.7 Å². The van der Waals surface area contributed by atoms with Crippen molar-refractivity contribution in [1.82, 2.24) is 5.32 Å². The van der Waals surface area contributed by atoms with Crippen molar-refractivity contribution in [2.45, 2.75) is 40.2 Å². The number of carbonyl (C=O) groups is 2. The van der Waals surface area contributed by atoms with Crippen LogP contribution in [-0.4, -0.2) is 11.8 Å². The smallest absolute Gasteiger partial charge is 0.255 e. The molecule has 4 heteroatoms. The van der Waals surface area contributed by atoms with E-state index in [2.05, 4.69) is 10.6 Å². The molecule has 25 heavy (non-hydrogen) atoms. The summed E-state index contributed by atoms with van der Waals surface area (Å²) in [5.74, 6) is -0.124. The highest BCUT2D eigenvalue weighted by Crippen LogP contribution is 2.21. The molecule has 1 unspecified atom stereocenters. The molecule has 0 aliphatic heterocycles. The van der Waals surface area contributed by atoms with E-state index in [1.54, 1.807) is 12.1 Å². The summed E-state index contributed by atoms with van der Waals surface area (Å²) in [6.45, 7) is 8.06. The lowest BCUT2D eigenvalue weighted by Gasteiger charge is -2.20. The first-order valence-corrected chi connectivity index (χ1v) is 8.50. The summed E-state index contributed by atoms with van der Waals surface area (Å²) < 4.78 is 0. The van der Waals surface area contributed by atoms with Gasteiger partial charge in [-0.1, -0.05) is 51.1 Å². The summed E-state index contributed by atoms with van der Waals surface area (Å²) >= 11 is 0. The van der Waals surface area contributed by atoms with Crippen LogP contribution in [0.2, 0.25) is 0 Å². The van der Waals surface area contributed by atoms with E-state index in [0.29, 0.717) is 17.7 Å². The van der Waals surface area contributed by atoms with E-state index in [1.165, 1.54) is 0 Å². The van der Waals surface area contributed by atoms with Gasteiger partial charge in [0.05, 0.1) is 6.04 Å². The lowest BCUT2D eigenvalue weighted by Crippen LogP contribution is -2.30. The highest BCUT2D eigenvalue weighted by molar-refractivity contribution is 6.04. The minimum Gasteiger partial charge on any atom is -0.350 e. The molecule has 0 aliphatic carbocycles. The molecular formula is C21H26N2O2. The molecule has 0 heterocycles. The van der Waals surface area contributed by atoms with Crippen LogP contribution in [-0.2, 0) is 4.79 Å². The first-order valence-electron chi connectivity index (χ1n) is 8.50. The van der Waals surface area contributed by atoms with Gasteiger partial charge < -0.3 is 10.6 Å². The molecule has 2 N–H and O–H groups in total. The fourth-order valence-corrected chi connectivity index (χ4v) is 2.54. The van der Waals surface area contributed by atoms with Gasteiger partial charge >= 0.3 is 0 Å². The van der Waals surface area contributed by atoms with E-state index in [9.17, 15) is 9.59 Å². The molecule has 0 radical (unpaired) electrons. The third-order valence-corrected chi connectivity index (χ3v) is 3.75. The fraction of sp³-hybridized carbons (Fsp3) is 0.333. The van der Waals surface area contributed by atoms with Crippen molar-refractivity contribution < 1.29 is 9.59 Å². The quantitative estimate of drug-likeness (QED) is 0.840. The summed E-state index contributed by atoms with van der Waals surface area (Å²) in [5.41, 5.74) is 2.23. The van der Waals surface area contributed by atoms with Crippen LogP contribution in [0.3, 0.4) is 0 Å². The summed E-state index contributed by atoms with van der Waals surface area (Å²) in [4.78, 5) is 24.4. The van der Waals surface area contributed by atoms with Gasteiger partial charge in [0, 0.05) is 17.7 Å². The predicted molar refractivity (Wildman–Crippen MR) is 101 cm³/mol. The Morgan fingerprint density at radius 3 is 2.32 bits per heavy atom. The number of nitrogens with one attached hydrogen (secondary N) is 2. The maximum Gasteiger partial charge on any atom is 0.255 e. The van der Waals surface area contributed by atoms with Gasteiger partial charge in [0.2, 0.25) is 5.91 Å². The Kier molecular flexibility index (Phi) is 5.97. The van der Waals surface area contributed by atoms with Gasteiger partial charge in [-0.15, -0.1) is 0 Å². The Morgan fingerprint density at radius 1 is 1.00 bits per heavy atom. The minimum atomic E-state index is -0.151. The predicted octanol–water partition coefficient (Wildman–Crippen LogP) is 4.55. The highest BCUT2D eigenvalue weighted by atomic mass is 16.2. The molecule has 0 bridgehead atoms. The van der Waals surface area contributed by atoms with Crippen LogP contribution in [0.4, 0.5) is 5.69 Å². The molecule has 1 atom stereocenters. The first kappa shape index (κ1) is 18.7. The van der Waals surface area contributed by atoms with Gasteiger partial charge in [-0.05, 0) is 42.2 Å². The summed E-state index contributed by atoms with van der Waals surface area (Å²) in [5, 5.41) is 5.91. The Balaban J connectivity index is 2.03. The number of rotatable bonds is 5. The molecule has 0 aliphatic rings. The lowest BCUT2D eigenvalue weighted by molar-refractivity contribution is -0.123. The summed E-state index contributed by atoms with van der Waals surface area (Å²) in [7, 11) is 0. The zero-order valence-electron chi connectivity index (χ0n) is 15.3. The average molecular weight is 338 g/mol. The molecule has 2 aromatic carbocycles. The maximum absolute atomic E-state index is 12.2. The van der Waals surface area contributed by atoms with Crippen LogP contribution < -0.4 is 10.6 Å². The second-order valence-corrected chi connectivity index (χ2v) is 7.47. The van der Waals surface area contributed by atoms with Crippen molar-refractivity contribution >= 4 is 17.5 Å². The van der Waals surface area contributed by atoms with Crippen molar-refractivity contribution in [3.8, 4) is 0 Å². The van der Waals surface area contributed by atoms with Gasteiger partial charge in [0.15, 0.2) is 0 Å². The van der Waals surface area contributed by atoms with Crippen molar-refractivity contribution in [2.24, 2.45) is 5.41 Å². The Hall–Kier alpha value is -2.62. The number of hydrogen-bond acceptors (Lipinski definition) is 2. The van der Waals surface area contributed by atoms with Crippen LogP contribution in [0.15, 0.2) is 54.6 Å². The fourth-order valence-electron chi connectivity index (χ4n) is 2.54. The van der Waals surface area contributed by atoms with Crippen LogP contribution in [0.5, 0.6) is 0 Å². The van der Waals surface area contributed by atoms with Crippen molar-refractivity contribution in [3.63, 3.8) is 0 Å². The number of amides is 2. The molecule has 0 spiro atoms. The number of carbonyl (C=O) groups excluding carboxylic acids is 2. The van der Waals surface area contributed by atoms with E-state index < -0.39 is 0 Å². The van der Waals surface area contributed by atoms with E-state index >= 15 is 0 Å². The third kappa shape index (κ3) is 6.07. The van der Waals surface area contributed by atoms with Crippen molar-refractivity contribution in [2.75, 3.05) is 5.32 Å². The van der Waals surface area contributed by atoms with Gasteiger partial charge in [-0.3, -0.25) is 9.59 Å². The normalized spacial score (nSPS) is 12.3. The topological polar surface area (TPSA) is 58.2 Å². The molecule has 2 amide bonds. The Morgan fingerprint density at radius 2 is 1.68 bits per heavy atom. The molecule has 0 saturated heterocycles. The number of anilines is 1. The zero-order valence-corrected chi connectivity index (χ0v) is 15.3. The molecule has 2 rings (SSSR count). The molecule has 132 valence electrons. The minimum absolute atomic E-state index is 0.0266. The van der Waals surface area contributed by atoms with Gasteiger partial charge in [-0.25, -0.2) is 0 Å². The molecule has 2 aromatic rings.